The van der Waals surface area contributed by atoms with E-state index >= 15 is 0 Å². The lowest BCUT2D eigenvalue weighted by atomic mass is 9.53. The van der Waals surface area contributed by atoms with E-state index in [9.17, 15) is 0 Å². The molecule has 0 saturated heterocycles. The van der Waals surface area contributed by atoms with Gasteiger partial charge in [0.25, 0.3) is 0 Å². The molecule has 3 heteroatoms. The van der Waals surface area contributed by atoms with Gasteiger partial charge in [0.1, 0.15) is 12.5 Å². The van der Waals surface area contributed by atoms with Crippen LogP contribution in [-0.2, 0) is 17.4 Å². The molecule has 20 heavy (non-hydrogen) atoms. The van der Waals surface area contributed by atoms with E-state index in [1.807, 2.05) is 11.3 Å². The Bertz CT molecular complexity index is 456. The van der Waals surface area contributed by atoms with E-state index in [0.29, 0.717) is 16.4 Å². The molecule has 0 amide bonds. The number of rotatable bonds is 4. The Morgan fingerprint density at radius 3 is 2.20 bits per heavy atom. The van der Waals surface area contributed by atoms with E-state index < -0.39 is 0 Å². The Balaban J connectivity index is 1.43. The third-order valence-corrected chi connectivity index (χ3v) is 8.79. The first-order chi connectivity index (χ1) is 9.62. The van der Waals surface area contributed by atoms with Gasteiger partial charge in [-0.2, -0.15) is 0 Å². The Labute approximate surface area is 129 Å². The van der Waals surface area contributed by atoms with Crippen molar-refractivity contribution in [1.82, 2.24) is 5.32 Å². The zero-order valence-electron chi connectivity index (χ0n) is 12.7. The average Bonchev–Trinajstić information content (AvgIpc) is 2.84. The smallest absolute Gasteiger partial charge is 0.208 e. The van der Waals surface area contributed by atoms with Gasteiger partial charge in [-0.15, -0.1) is 0 Å². The van der Waals surface area contributed by atoms with Gasteiger partial charge in [0.2, 0.25) is 4.21 Å². The summed E-state index contributed by atoms with van der Waals surface area (Å²) in [5.41, 5.74) is 0.513. The van der Waals surface area contributed by atoms with E-state index in [-0.39, 0.29) is 0 Å². The Morgan fingerprint density at radius 1 is 1.10 bits per heavy atom. The van der Waals surface area contributed by atoms with Crippen LogP contribution in [0.2, 0.25) is 0 Å². The Hall–Kier alpha value is 0.01000. The molecule has 0 radical (unpaired) electrons. The molecular weight excluding hydrogens is 282 g/mol. The summed E-state index contributed by atoms with van der Waals surface area (Å²) in [5, 5.41) is 4.01. The normalized spacial score (nSPS) is 38.9. The highest BCUT2D eigenvalue weighted by molar-refractivity contribution is 7.97. The molecule has 4 aliphatic rings. The summed E-state index contributed by atoms with van der Waals surface area (Å²) in [6.07, 6.45) is 13.6. The molecule has 0 atom stereocenters. The van der Waals surface area contributed by atoms with Crippen molar-refractivity contribution in [3.63, 3.8) is 0 Å². The van der Waals surface area contributed by atoms with Crippen LogP contribution < -0.4 is 5.32 Å². The highest BCUT2D eigenvalue weighted by Gasteiger charge is 2.50. The van der Waals surface area contributed by atoms with E-state index in [0.717, 1.165) is 24.3 Å². The molecule has 0 aromatic carbocycles. The van der Waals surface area contributed by atoms with E-state index in [4.69, 9.17) is 0 Å². The third-order valence-electron chi connectivity index (χ3n) is 5.72. The monoisotopic (exact) mass is 308 g/mol. The van der Waals surface area contributed by atoms with Crippen molar-refractivity contribution < 1.29 is 0 Å². The van der Waals surface area contributed by atoms with Crippen molar-refractivity contribution >= 4 is 22.2 Å². The summed E-state index contributed by atoms with van der Waals surface area (Å²) in [5.74, 6) is 3.14. The first-order valence-electron chi connectivity index (χ1n) is 8.03. The Morgan fingerprint density at radius 2 is 1.70 bits per heavy atom. The number of nitrogens with one attached hydrogen (secondary N) is 1. The van der Waals surface area contributed by atoms with Gasteiger partial charge in [-0.1, -0.05) is 11.3 Å². The van der Waals surface area contributed by atoms with E-state index in [1.165, 1.54) is 43.4 Å². The van der Waals surface area contributed by atoms with Crippen LogP contribution in [-0.4, -0.2) is 18.1 Å². The minimum absolute atomic E-state index is 0.419. The van der Waals surface area contributed by atoms with Gasteiger partial charge in [0.15, 0.2) is 0 Å². The molecule has 1 heterocycles. The summed E-state index contributed by atoms with van der Waals surface area (Å²) in [7, 11) is 0.419. The molecule has 0 unspecified atom stereocenters. The van der Waals surface area contributed by atoms with Crippen LogP contribution in [0.1, 0.15) is 43.4 Å². The molecule has 5 rings (SSSR count). The van der Waals surface area contributed by atoms with Crippen molar-refractivity contribution in [2.75, 3.05) is 12.5 Å². The fourth-order valence-corrected chi connectivity index (χ4v) is 7.28. The second kappa shape index (κ2) is 5.03. The fourth-order valence-electron chi connectivity index (χ4n) is 5.27. The largest absolute Gasteiger partial charge is 0.306 e. The van der Waals surface area contributed by atoms with Gasteiger partial charge in [-0.05, 0) is 62.3 Å². The fraction of sp³-hybridized carbons (Fsp3) is 0.765. The van der Waals surface area contributed by atoms with Crippen molar-refractivity contribution in [2.45, 2.75) is 54.8 Å². The zero-order valence-corrected chi connectivity index (χ0v) is 14.3. The van der Waals surface area contributed by atoms with Crippen LogP contribution in [0.5, 0.6) is 0 Å². The van der Waals surface area contributed by atoms with Crippen LogP contribution in [0.4, 0.5) is 0 Å². The first-order valence-corrected chi connectivity index (χ1v) is 10.9. The summed E-state index contributed by atoms with van der Waals surface area (Å²) in [4.78, 5) is 1.54. The number of hydrogen-bond acceptors (Lipinski definition) is 2. The van der Waals surface area contributed by atoms with Gasteiger partial charge in [0.05, 0.1) is 0 Å². The summed E-state index contributed by atoms with van der Waals surface area (Å²) >= 11 is 2.02. The lowest BCUT2D eigenvalue weighted by Gasteiger charge is -2.57. The molecule has 1 aromatic rings. The molecule has 4 fully saturated rings. The van der Waals surface area contributed by atoms with Crippen LogP contribution in [0.15, 0.2) is 16.3 Å². The van der Waals surface area contributed by atoms with Gasteiger partial charge in [0, 0.05) is 33.9 Å². The van der Waals surface area contributed by atoms with Crippen molar-refractivity contribution in [3.05, 3.63) is 17.0 Å². The van der Waals surface area contributed by atoms with E-state index in [1.54, 1.807) is 4.21 Å². The summed E-state index contributed by atoms with van der Waals surface area (Å²) < 4.78 is 1.56. The maximum atomic E-state index is 4.01. The van der Waals surface area contributed by atoms with Crippen LogP contribution >= 0.6 is 11.3 Å². The maximum Gasteiger partial charge on any atom is 0.208 e. The van der Waals surface area contributed by atoms with Crippen LogP contribution in [0.25, 0.3) is 0 Å². The van der Waals surface area contributed by atoms with Gasteiger partial charge in [-0.25, -0.2) is 0 Å². The second-order valence-electron chi connectivity index (χ2n) is 7.59. The SMILES string of the molecule is C[S+](C)c1ccc(CNC23CC4CC(CC(C4)C2)C3)s1. The number of hydrogen-bond donors (Lipinski definition) is 1. The molecule has 4 bridgehead atoms. The predicted octanol–water partition coefficient (Wildman–Crippen LogP) is 4.04. The molecule has 110 valence electrons. The lowest BCUT2D eigenvalue weighted by Crippen LogP contribution is -2.58. The van der Waals surface area contributed by atoms with Gasteiger partial charge in [-0.3, -0.25) is 0 Å². The minimum atomic E-state index is 0.419. The van der Waals surface area contributed by atoms with Crippen LogP contribution in [0, 0.1) is 17.8 Å². The molecule has 0 spiro atoms. The highest BCUT2D eigenvalue weighted by Crippen LogP contribution is 2.55. The van der Waals surface area contributed by atoms with Gasteiger partial charge >= 0.3 is 0 Å². The second-order valence-corrected chi connectivity index (χ2v) is 11.1. The summed E-state index contributed by atoms with van der Waals surface area (Å²) in [6, 6.07) is 4.69. The summed E-state index contributed by atoms with van der Waals surface area (Å²) in [6.45, 7) is 1.11. The average molecular weight is 309 g/mol. The van der Waals surface area contributed by atoms with E-state index in [2.05, 4.69) is 30.0 Å². The quantitative estimate of drug-likeness (QED) is 0.828. The molecule has 4 aliphatic carbocycles. The molecular formula is C17H26NS2+. The topological polar surface area (TPSA) is 12.0 Å². The first kappa shape index (κ1) is 13.7. The molecule has 0 aliphatic heterocycles. The van der Waals surface area contributed by atoms with Crippen molar-refractivity contribution in [1.29, 1.82) is 0 Å². The maximum absolute atomic E-state index is 4.01. The van der Waals surface area contributed by atoms with Crippen molar-refractivity contribution in [2.24, 2.45) is 17.8 Å². The minimum Gasteiger partial charge on any atom is -0.306 e. The molecule has 1 aromatic heterocycles. The standard InChI is InChI=1S/C17H26NS2/c1-20(2)16-4-3-15(19-16)11-18-17-8-12-5-13(9-17)7-14(6-12)10-17/h3-4,12-14,18H,5-11H2,1-2H3/q+1. The molecule has 4 saturated carbocycles. The zero-order chi connectivity index (χ0) is 13.7. The Kier molecular flexibility index (Phi) is 3.44. The third kappa shape index (κ3) is 2.46. The van der Waals surface area contributed by atoms with Crippen molar-refractivity contribution in [3.8, 4) is 0 Å². The van der Waals surface area contributed by atoms with Gasteiger partial charge < -0.3 is 5.32 Å². The van der Waals surface area contributed by atoms with Crippen LogP contribution in [0.3, 0.4) is 0 Å². The number of thiophene rings is 1. The molecule has 1 nitrogen and oxygen atoms in total. The highest BCUT2D eigenvalue weighted by atomic mass is 32.2. The lowest BCUT2D eigenvalue weighted by molar-refractivity contribution is -0.0204. The predicted molar refractivity (Wildman–Crippen MR) is 89.5 cm³/mol. The molecule has 1 N–H and O–H groups in total.